The van der Waals surface area contributed by atoms with Crippen LogP contribution in [0.4, 0.5) is 4.79 Å². The van der Waals surface area contributed by atoms with Gasteiger partial charge in [0, 0.05) is 12.5 Å². The number of alkyl carbamates (subject to hydrolysis) is 1. The summed E-state index contributed by atoms with van der Waals surface area (Å²) in [5, 5.41) is 11.0. The van der Waals surface area contributed by atoms with Gasteiger partial charge in [-0.1, -0.05) is 48.5 Å². The third-order valence-electron chi connectivity index (χ3n) is 4.71. The second kappa shape index (κ2) is 11.1. The summed E-state index contributed by atoms with van der Waals surface area (Å²) in [6.45, 7) is 0.157. The summed E-state index contributed by atoms with van der Waals surface area (Å²) in [6.07, 6.45) is -0.532. The van der Waals surface area contributed by atoms with Gasteiger partial charge < -0.3 is 19.9 Å². The van der Waals surface area contributed by atoms with Crippen LogP contribution in [0.3, 0.4) is 0 Å². The Morgan fingerprint density at radius 2 is 1.58 bits per heavy atom. The normalized spacial score (nSPS) is 12.0. The molecule has 0 radical (unpaired) electrons. The van der Waals surface area contributed by atoms with E-state index in [-0.39, 0.29) is 38.7 Å². The minimum atomic E-state index is -1.18. The number of hydroxylamine groups is 1. The Hall–Kier alpha value is -3.43. The zero-order valence-electron chi connectivity index (χ0n) is 16.8. The average molecular weight is 428 g/mol. The number of carboxylic acids is 1. The number of ether oxygens (including phenoxy) is 2. The first-order chi connectivity index (χ1) is 15.1. The summed E-state index contributed by atoms with van der Waals surface area (Å²) in [6, 6.07) is 16.2. The standard InChI is InChI=1S/C22H24N2O7/c25-20(24-31-14-21(26)27)9-11-29-12-10-23-22(28)30-13-19-17-7-3-1-5-15(17)16-6-2-4-8-18(16)19/h1-8,19H,9-14H2,(H,23,28)(H,24,25)(H,26,27). The van der Waals surface area contributed by atoms with E-state index in [1.54, 1.807) is 0 Å². The number of nitrogens with one attached hydrogen (secondary N) is 2. The van der Waals surface area contributed by atoms with Crippen molar-refractivity contribution in [1.29, 1.82) is 0 Å². The van der Waals surface area contributed by atoms with E-state index >= 15 is 0 Å². The Bertz CT molecular complexity index is 886. The molecule has 2 aromatic rings. The van der Waals surface area contributed by atoms with E-state index in [1.807, 2.05) is 29.7 Å². The highest BCUT2D eigenvalue weighted by atomic mass is 16.7. The summed E-state index contributed by atoms with van der Waals surface area (Å²) < 4.78 is 10.7. The first kappa shape index (κ1) is 22.3. The first-order valence-corrected chi connectivity index (χ1v) is 9.85. The Kier molecular flexibility index (Phi) is 7.97. The van der Waals surface area contributed by atoms with Gasteiger partial charge in [0.15, 0.2) is 6.61 Å². The lowest BCUT2D eigenvalue weighted by Gasteiger charge is -2.14. The van der Waals surface area contributed by atoms with Gasteiger partial charge in [0.25, 0.3) is 0 Å². The van der Waals surface area contributed by atoms with E-state index < -0.39 is 24.6 Å². The van der Waals surface area contributed by atoms with Crippen molar-refractivity contribution in [3.8, 4) is 11.1 Å². The van der Waals surface area contributed by atoms with E-state index in [2.05, 4.69) is 34.4 Å². The zero-order chi connectivity index (χ0) is 22.1. The van der Waals surface area contributed by atoms with E-state index in [9.17, 15) is 14.4 Å². The third-order valence-corrected chi connectivity index (χ3v) is 4.71. The fourth-order valence-corrected chi connectivity index (χ4v) is 3.37. The van der Waals surface area contributed by atoms with Crippen LogP contribution in [-0.2, 0) is 23.9 Å². The van der Waals surface area contributed by atoms with E-state index in [4.69, 9.17) is 14.6 Å². The average Bonchev–Trinajstić information content (AvgIpc) is 3.08. The van der Waals surface area contributed by atoms with Crippen molar-refractivity contribution >= 4 is 18.0 Å². The van der Waals surface area contributed by atoms with Gasteiger partial charge >= 0.3 is 12.1 Å². The van der Waals surface area contributed by atoms with E-state index in [0.29, 0.717) is 0 Å². The molecule has 2 aromatic carbocycles. The number of hydrogen-bond acceptors (Lipinski definition) is 6. The van der Waals surface area contributed by atoms with Gasteiger partial charge in [0.05, 0.1) is 19.6 Å². The topological polar surface area (TPSA) is 123 Å². The van der Waals surface area contributed by atoms with Crippen LogP contribution in [0, 0.1) is 0 Å². The Labute approximate surface area is 179 Å². The van der Waals surface area contributed by atoms with Crippen molar-refractivity contribution in [2.24, 2.45) is 0 Å². The minimum absolute atomic E-state index is 0.00346. The van der Waals surface area contributed by atoms with Crippen LogP contribution in [0.15, 0.2) is 48.5 Å². The van der Waals surface area contributed by atoms with Gasteiger partial charge in [0.2, 0.25) is 5.91 Å². The van der Waals surface area contributed by atoms with Crippen molar-refractivity contribution in [2.75, 3.05) is 33.0 Å². The van der Waals surface area contributed by atoms with Crippen molar-refractivity contribution in [2.45, 2.75) is 12.3 Å². The number of benzene rings is 2. The predicted molar refractivity (Wildman–Crippen MR) is 110 cm³/mol. The number of fused-ring (bicyclic) bond motifs is 3. The second-order valence-corrected chi connectivity index (χ2v) is 6.82. The number of amides is 2. The van der Waals surface area contributed by atoms with Crippen molar-refractivity contribution in [3.63, 3.8) is 0 Å². The summed E-state index contributed by atoms with van der Waals surface area (Å²) >= 11 is 0. The van der Waals surface area contributed by atoms with Gasteiger partial charge in [-0.2, -0.15) is 0 Å². The molecule has 31 heavy (non-hydrogen) atoms. The van der Waals surface area contributed by atoms with Gasteiger partial charge in [-0.25, -0.2) is 15.1 Å². The fraction of sp³-hybridized carbons (Fsp3) is 0.318. The van der Waals surface area contributed by atoms with E-state index in [1.165, 1.54) is 0 Å². The molecule has 164 valence electrons. The number of carbonyl (C=O) groups is 3. The summed E-state index contributed by atoms with van der Waals surface area (Å²) in [5.74, 6) is -1.68. The van der Waals surface area contributed by atoms with Crippen LogP contribution >= 0.6 is 0 Å². The highest BCUT2D eigenvalue weighted by Gasteiger charge is 2.28. The molecule has 0 bridgehead atoms. The fourth-order valence-electron chi connectivity index (χ4n) is 3.37. The maximum atomic E-state index is 12.0. The smallest absolute Gasteiger partial charge is 0.407 e. The number of aliphatic carboxylic acids is 1. The van der Waals surface area contributed by atoms with Crippen molar-refractivity contribution in [3.05, 3.63) is 59.7 Å². The molecule has 0 saturated heterocycles. The lowest BCUT2D eigenvalue weighted by Crippen LogP contribution is -2.30. The van der Waals surface area contributed by atoms with Gasteiger partial charge in [0.1, 0.15) is 6.61 Å². The molecule has 0 atom stereocenters. The Morgan fingerprint density at radius 1 is 0.935 bits per heavy atom. The molecule has 1 aliphatic rings. The molecule has 0 aromatic heterocycles. The number of carboxylic acid groups (broad SMARTS) is 1. The van der Waals surface area contributed by atoms with Crippen LogP contribution in [0.5, 0.6) is 0 Å². The monoisotopic (exact) mass is 428 g/mol. The molecule has 3 N–H and O–H groups in total. The Balaban J connectivity index is 1.33. The van der Waals surface area contributed by atoms with Crippen LogP contribution in [-0.4, -0.2) is 56.0 Å². The first-order valence-electron chi connectivity index (χ1n) is 9.85. The Morgan fingerprint density at radius 3 is 2.23 bits per heavy atom. The van der Waals surface area contributed by atoms with Crippen LogP contribution in [0.1, 0.15) is 23.5 Å². The molecule has 0 fully saturated rings. The van der Waals surface area contributed by atoms with E-state index in [0.717, 1.165) is 22.3 Å². The van der Waals surface area contributed by atoms with Crippen LogP contribution in [0.2, 0.25) is 0 Å². The maximum absolute atomic E-state index is 12.0. The highest BCUT2D eigenvalue weighted by molar-refractivity contribution is 5.79. The second-order valence-electron chi connectivity index (χ2n) is 6.82. The predicted octanol–water partition coefficient (Wildman–Crippen LogP) is 2.06. The molecule has 0 aliphatic heterocycles. The SMILES string of the molecule is O=C(O)CONC(=O)CCOCCNC(=O)OCC1c2ccccc2-c2ccccc21. The largest absolute Gasteiger partial charge is 0.479 e. The molecule has 0 saturated carbocycles. The van der Waals surface area contributed by atoms with Gasteiger partial charge in [-0.15, -0.1) is 0 Å². The van der Waals surface area contributed by atoms with Crippen LogP contribution in [0.25, 0.3) is 11.1 Å². The molecule has 0 unspecified atom stereocenters. The van der Waals surface area contributed by atoms with Crippen molar-refractivity contribution in [1.82, 2.24) is 10.8 Å². The molecule has 2 amide bonds. The minimum Gasteiger partial charge on any atom is -0.479 e. The third kappa shape index (κ3) is 6.27. The molecular formula is C22H24N2O7. The quantitative estimate of drug-likeness (QED) is 0.370. The number of hydrogen-bond donors (Lipinski definition) is 3. The number of rotatable bonds is 11. The summed E-state index contributed by atoms with van der Waals surface area (Å²) in [7, 11) is 0. The van der Waals surface area contributed by atoms with Gasteiger partial charge in [-0.3, -0.25) is 9.63 Å². The summed E-state index contributed by atoms with van der Waals surface area (Å²) in [5.41, 5.74) is 6.61. The molecule has 3 rings (SSSR count). The molecule has 0 heterocycles. The molecule has 9 nitrogen and oxygen atoms in total. The maximum Gasteiger partial charge on any atom is 0.407 e. The highest BCUT2D eigenvalue weighted by Crippen LogP contribution is 2.44. The summed E-state index contributed by atoms with van der Waals surface area (Å²) in [4.78, 5) is 38.1. The number of carbonyl (C=O) groups excluding carboxylic acids is 2. The van der Waals surface area contributed by atoms with Gasteiger partial charge in [-0.05, 0) is 22.3 Å². The molecular weight excluding hydrogens is 404 g/mol. The molecule has 9 heteroatoms. The van der Waals surface area contributed by atoms with Crippen LogP contribution < -0.4 is 10.8 Å². The lowest BCUT2D eigenvalue weighted by atomic mass is 9.98. The molecule has 0 spiro atoms. The van der Waals surface area contributed by atoms with Crippen molar-refractivity contribution < 1.29 is 33.8 Å². The molecule has 1 aliphatic carbocycles. The lowest BCUT2D eigenvalue weighted by molar-refractivity contribution is -0.149. The zero-order valence-corrected chi connectivity index (χ0v) is 16.8.